The number of rotatable bonds is 9. The van der Waals surface area contributed by atoms with Crippen molar-refractivity contribution in [3.8, 4) is 0 Å². The first-order valence-electron chi connectivity index (χ1n) is 16.4. The minimum absolute atomic E-state index is 0.00346. The van der Waals surface area contributed by atoms with Crippen LogP contribution in [0.1, 0.15) is 42.1 Å². The van der Waals surface area contributed by atoms with Crippen molar-refractivity contribution in [3.05, 3.63) is 101 Å². The summed E-state index contributed by atoms with van der Waals surface area (Å²) in [5, 5.41) is 17.6. The summed E-state index contributed by atoms with van der Waals surface area (Å²) < 4.78 is 8.68. The van der Waals surface area contributed by atoms with Crippen molar-refractivity contribution < 1.29 is 24.2 Å². The molecule has 1 fully saturated rings. The van der Waals surface area contributed by atoms with E-state index in [1.54, 1.807) is 14.5 Å². The molecule has 4 atom stereocenters. The number of aliphatic hydroxyl groups excluding tert-OH is 1. The van der Waals surface area contributed by atoms with E-state index in [2.05, 4.69) is 16.4 Å². The molecule has 10 nitrogen and oxygen atoms in total. The van der Waals surface area contributed by atoms with Crippen molar-refractivity contribution in [3.63, 3.8) is 0 Å². The second kappa shape index (κ2) is 12.1. The third-order valence-corrected chi connectivity index (χ3v) is 12.6. The number of fused-ring (bicyclic) bond motifs is 3. The zero-order chi connectivity index (χ0) is 32.9. The van der Waals surface area contributed by atoms with Crippen LogP contribution in [-0.4, -0.2) is 57.7 Å². The fourth-order valence-electron chi connectivity index (χ4n) is 8.08. The SMILES string of the molecule is C[C@H]1[C@H]([Si](C)(C)O)[C@@H](CCn2cc(CCO)nn2)O[C@]12C(=O)N(Cc1cccc(N3C(=O)CCc4ccccc43)c1)c1ccccc12. The molecule has 0 aliphatic carbocycles. The largest absolute Gasteiger partial charge is 0.432 e. The Labute approximate surface area is 275 Å². The molecule has 3 aliphatic heterocycles. The molecular weight excluding hydrogens is 611 g/mol. The Kier molecular flexibility index (Phi) is 8.11. The summed E-state index contributed by atoms with van der Waals surface area (Å²) in [4.78, 5) is 43.1. The van der Waals surface area contributed by atoms with E-state index in [0.29, 0.717) is 38.0 Å². The predicted octanol–water partition coefficient (Wildman–Crippen LogP) is 4.86. The number of carbonyl (C=O) groups is 2. The molecule has 47 heavy (non-hydrogen) atoms. The highest BCUT2D eigenvalue weighted by Crippen LogP contribution is 2.59. The van der Waals surface area contributed by atoms with Gasteiger partial charge in [0.15, 0.2) is 13.9 Å². The molecule has 0 saturated carbocycles. The number of hydrogen-bond donors (Lipinski definition) is 2. The molecule has 1 spiro atoms. The average Bonchev–Trinajstić information content (AvgIpc) is 3.70. The number of benzene rings is 3. The van der Waals surface area contributed by atoms with Gasteiger partial charge in [0.2, 0.25) is 5.91 Å². The summed E-state index contributed by atoms with van der Waals surface area (Å²) in [6.07, 6.45) is 3.62. The number of amides is 2. The van der Waals surface area contributed by atoms with Crippen LogP contribution in [0.5, 0.6) is 0 Å². The molecule has 4 aromatic rings. The molecular formula is C36H41N5O5Si. The van der Waals surface area contributed by atoms with E-state index in [-0.39, 0.29) is 36.0 Å². The molecule has 0 unspecified atom stereocenters. The van der Waals surface area contributed by atoms with Crippen LogP contribution in [0.25, 0.3) is 0 Å². The van der Waals surface area contributed by atoms with Crippen LogP contribution in [0.2, 0.25) is 18.6 Å². The third kappa shape index (κ3) is 5.40. The van der Waals surface area contributed by atoms with Gasteiger partial charge in [0.05, 0.1) is 29.7 Å². The normalized spacial score (nSPS) is 23.9. The van der Waals surface area contributed by atoms with E-state index in [1.807, 2.05) is 92.9 Å². The van der Waals surface area contributed by atoms with Gasteiger partial charge < -0.3 is 19.5 Å². The number of carbonyl (C=O) groups excluding carboxylic acids is 2. The lowest BCUT2D eigenvalue weighted by molar-refractivity contribution is -0.146. The van der Waals surface area contributed by atoms with Gasteiger partial charge in [-0.2, -0.15) is 0 Å². The van der Waals surface area contributed by atoms with Crippen molar-refractivity contribution in [2.45, 2.75) is 76.0 Å². The van der Waals surface area contributed by atoms with E-state index in [4.69, 9.17) is 4.74 Å². The van der Waals surface area contributed by atoms with Crippen molar-refractivity contribution in [2.24, 2.45) is 5.92 Å². The first-order valence-corrected chi connectivity index (χ1v) is 19.5. The van der Waals surface area contributed by atoms with Gasteiger partial charge in [-0.05, 0) is 61.3 Å². The van der Waals surface area contributed by atoms with Gasteiger partial charge in [0, 0.05) is 54.9 Å². The standard InChI is InChI=1S/C36H41N5O5Si/c1-24-34(47(2,3)45)32(17-19-39-23-27(18-20-42)37-38-39)46-36(24)29-12-5-7-14-31(29)40(35(36)44)22-25-9-8-11-28(21-25)41-30-13-6-4-10-26(30)15-16-33(41)43/h4-14,21,23-24,32,34,42,45H,15-20,22H2,1-3H3/t24-,32+,34-,36+/m0/s1. The van der Waals surface area contributed by atoms with Crippen LogP contribution < -0.4 is 9.80 Å². The summed E-state index contributed by atoms with van der Waals surface area (Å²) in [5.74, 6) is -0.348. The van der Waals surface area contributed by atoms with Crippen LogP contribution in [0, 0.1) is 5.92 Å². The molecule has 244 valence electrons. The minimum Gasteiger partial charge on any atom is -0.432 e. The number of para-hydroxylation sites is 2. The van der Waals surface area contributed by atoms with Crippen molar-refractivity contribution in [1.82, 2.24) is 15.0 Å². The van der Waals surface area contributed by atoms with Crippen LogP contribution in [0.4, 0.5) is 17.1 Å². The predicted molar refractivity (Wildman–Crippen MR) is 181 cm³/mol. The Morgan fingerprint density at radius 2 is 1.77 bits per heavy atom. The second-order valence-corrected chi connectivity index (χ2v) is 17.5. The van der Waals surface area contributed by atoms with E-state index in [9.17, 15) is 19.5 Å². The van der Waals surface area contributed by atoms with Crippen LogP contribution in [-0.2, 0) is 45.9 Å². The number of anilines is 3. The van der Waals surface area contributed by atoms with Gasteiger partial charge in [-0.1, -0.05) is 60.7 Å². The van der Waals surface area contributed by atoms with E-state index in [1.165, 1.54) is 0 Å². The number of hydrogen-bond acceptors (Lipinski definition) is 7. The van der Waals surface area contributed by atoms with E-state index in [0.717, 1.165) is 40.2 Å². The first-order chi connectivity index (χ1) is 22.6. The second-order valence-electron chi connectivity index (χ2n) is 13.5. The van der Waals surface area contributed by atoms with Crippen molar-refractivity contribution in [2.75, 3.05) is 16.4 Å². The molecule has 2 N–H and O–H groups in total. The molecule has 3 aromatic carbocycles. The summed E-state index contributed by atoms with van der Waals surface area (Å²) in [5.41, 5.74) is 4.63. The van der Waals surface area contributed by atoms with Gasteiger partial charge in [0.25, 0.3) is 5.91 Å². The van der Waals surface area contributed by atoms with Crippen LogP contribution in [0.3, 0.4) is 0 Å². The molecule has 1 aromatic heterocycles. The topological polar surface area (TPSA) is 121 Å². The van der Waals surface area contributed by atoms with Crippen LogP contribution in [0.15, 0.2) is 79.0 Å². The van der Waals surface area contributed by atoms with Gasteiger partial charge >= 0.3 is 0 Å². The Morgan fingerprint density at radius 3 is 2.55 bits per heavy atom. The molecule has 11 heteroatoms. The monoisotopic (exact) mass is 651 g/mol. The van der Waals surface area contributed by atoms with Gasteiger partial charge in [-0.15, -0.1) is 5.10 Å². The maximum absolute atomic E-state index is 14.8. The Hall–Kier alpha value is -4.16. The highest BCUT2D eigenvalue weighted by atomic mass is 28.4. The van der Waals surface area contributed by atoms with Crippen LogP contribution >= 0.6 is 0 Å². The highest BCUT2D eigenvalue weighted by molar-refractivity contribution is 6.71. The summed E-state index contributed by atoms with van der Waals surface area (Å²) in [7, 11) is -2.81. The summed E-state index contributed by atoms with van der Waals surface area (Å²) in [6, 6.07) is 23.7. The zero-order valence-corrected chi connectivity index (χ0v) is 28.0. The molecule has 0 bridgehead atoms. The fourth-order valence-corrected chi connectivity index (χ4v) is 10.7. The molecule has 7 rings (SSSR count). The number of nitrogens with zero attached hydrogens (tertiary/aromatic N) is 5. The molecule has 0 radical (unpaired) electrons. The Morgan fingerprint density at radius 1 is 1.00 bits per heavy atom. The van der Waals surface area contributed by atoms with Crippen molar-refractivity contribution >= 4 is 37.2 Å². The lowest BCUT2D eigenvalue weighted by atomic mass is 9.82. The number of aliphatic hydroxyl groups is 1. The first kappa shape index (κ1) is 31.4. The van der Waals surface area contributed by atoms with Gasteiger partial charge in [-0.25, -0.2) is 0 Å². The lowest BCUT2D eigenvalue weighted by Gasteiger charge is -2.32. The molecule has 3 aliphatic rings. The maximum Gasteiger partial charge on any atom is 0.264 e. The Bertz CT molecular complexity index is 1820. The molecule has 2 amide bonds. The van der Waals surface area contributed by atoms with Gasteiger partial charge in [0.1, 0.15) is 0 Å². The van der Waals surface area contributed by atoms with E-state index < -0.39 is 13.9 Å². The smallest absolute Gasteiger partial charge is 0.264 e. The number of aryl methyl sites for hydroxylation is 2. The number of aromatic nitrogens is 3. The zero-order valence-electron chi connectivity index (χ0n) is 27.0. The quantitative estimate of drug-likeness (QED) is 0.248. The third-order valence-electron chi connectivity index (χ3n) is 10.1. The molecule has 1 saturated heterocycles. The Balaban J connectivity index is 1.20. The summed E-state index contributed by atoms with van der Waals surface area (Å²) in [6.45, 7) is 6.72. The maximum atomic E-state index is 14.8. The average molecular weight is 652 g/mol. The van der Waals surface area contributed by atoms with E-state index >= 15 is 0 Å². The summed E-state index contributed by atoms with van der Waals surface area (Å²) >= 11 is 0. The highest BCUT2D eigenvalue weighted by Gasteiger charge is 2.66. The minimum atomic E-state index is -2.81. The fraction of sp³-hybridized carbons (Fsp3) is 0.389. The number of ether oxygens (including phenoxy) is 1. The lowest BCUT2D eigenvalue weighted by Crippen LogP contribution is -2.46. The van der Waals surface area contributed by atoms with Crippen molar-refractivity contribution in [1.29, 1.82) is 0 Å². The molecule has 4 heterocycles. The van der Waals surface area contributed by atoms with Gasteiger partial charge in [-0.3, -0.25) is 19.2 Å².